The van der Waals surface area contributed by atoms with E-state index in [0.29, 0.717) is 5.56 Å². The van der Waals surface area contributed by atoms with Crippen molar-refractivity contribution >= 4 is 23.3 Å². The van der Waals surface area contributed by atoms with Crippen LogP contribution in [0, 0.1) is 23.7 Å². The van der Waals surface area contributed by atoms with Crippen molar-refractivity contribution < 1.29 is 34.5 Å². The second-order valence-electron chi connectivity index (χ2n) is 12.6. The highest BCUT2D eigenvalue weighted by Gasteiger charge is 2.69. The summed E-state index contributed by atoms with van der Waals surface area (Å²) in [4.78, 5) is 55.3. The molecule has 5 N–H and O–H groups in total. The zero-order chi connectivity index (χ0) is 31.5. The van der Waals surface area contributed by atoms with E-state index in [1.807, 2.05) is 42.5 Å². The summed E-state index contributed by atoms with van der Waals surface area (Å²) in [6, 6.07) is 20.5. The number of fused-ring (bicyclic) bond motifs is 3. The third-order valence-electron chi connectivity index (χ3n) is 9.98. The normalized spacial score (nSPS) is 29.6. The fraction of sp³-hybridized carbons (Fsp3) is 0.371. The number of primary amides is 1. The van der Waals surface area contributed by atoms with E-state index in [2.05, 4.69) is 12.1 Å². The first-order valence-electron chi connectivity index (χ1n) is 14.9. The minimum atomic E-state index is -2.68. The Morgan fingerprint density at radius 3 is 2.18 bits per heavy atom. The molecule has 9 heteroatoms. The van der Waals surface area contributed by atoms with Gasteiger partial charge in [0.2, 0.25) is 5.91 Å². The highest BCUT2D eigenvalue weighted by Crippen LogP contribution is 2.52. The van der Waals surface area contributed by atoms with Crippen molar-refractivity contribution in [2.75, 3.05) is 14.1 Å². The van der Waals surface area contributed by atoms with Crippen LogP contribution in [0.3, 0.4) is 0 Å². The van der Waals surface area contributed by atoms with Gasteiger partial charge in [-0.05, 0) is 79.6 Å². The second-order valence-corrected chi connectivity index (χ2v) is 12.6. The minimum absolute atomic E-state index is 0.00575. The summed E-state index contributed by atoms with van der Waals surface area (Å²) in [7, 11) is 3.25. The Kier molecular flexibility index (Phi) is 7.52. The standard InChI is InChI=1S/C35H36N2O7/c1-37(2)29-24-17-21-16-23-22(20-12-10-19(11-13-20)9-8-18-6-4-3-5-7-18)14-15-25(38)27(23)30(39)26(21)32(41)35(24,44)33(42)28(31(29)40)34(36)43/h3-7,10-15,21,24,26,28-29,31,38,40,44H,8-9,16-17H2,1-2H3,(H2,36,43)/t21-,24-,26?,28?,29-,31?,35-/m1/s1. The lowest BCUT2D eigenvalue weighted by Gasteiger charge is -2.54. The van der Waals surface area contributed by atoms with Crippen LogP contribution in [0.5, 0.6) is 5.75 Å². The number of hydrogen-bond donors (Lipinski definition) is 4. The first kappa shape index (κ1) is 29.9. The predicted octanol–water partition coefficient (Wildman–Crippen LogP) is 2.11. The number of aliphatic hydroxyl groups excluding tert-OH is 1. The van der Waals surface area contributed by atoms with Gasteiger partial charge in [0.05, 0.1) is 17.6 Å². The number of benzene rings is 3. The van der Waals surface area contributed by atoms with Crippen LogP contribution < -0.4 is 5.73 Å². The van der Waals surface area contributed by atoms with Crippen LogP contribution in [0.15, 0.2) is 66.7 Å². The molecule has 0 radical (unpaired) electrons. The number of phenolic OH excluding ortho intramolecular Hbond substituents is 1. The van der Waals surface area contributed by atoms with Gasteiger partial charge in [0.1, 0.15) is 11.7 Å². The lowest BCUT2D eigenvalue weighted by molar-refractivity contribution is -0.190. The van der Waals surface area contributed by atoms with Gasteiger partial charge in [-0.3, -0.25) is 19.2 Å². The zero-order valence-corrected chi connectivity index (χ0v) is 24.6. The molecule has 2 saturated carbocycles. The van der Waals surface area contributed by atoms with E-state index in [0.717, 1.165) is 29.5 Å². The Morgan fingerprint density at radius 2 is 1.57 bits per heavy atom. The molecule has 2 fully saturated rings. The highest BCUT2D eigenvalue weighted by molar-refractivity contribution is 6.25. The smallest absolute Gasteiger partial charge is 0.230 e. The number of amides is 1. The van der Waals surface area contributed by atoms with E-state index in [9.17, 15) is 34.5 Å². The monoisotopic (exact) mass is 596 g/mol. The molecule has 44 heavy (non-hydrogen) atoms. The lowest BCUT2D eigenvalue weighted by atomic mass is 9.52. The van der Waals surface area contributed by atoms with Crippen molar-refractivity contribution in [2.24, 2.45) is 29.4 Å². The van der Waals surface area contributed by atoms with E-state index in [4.69, 9.17) is 5.73 Å². The van der Waals surface area contributed by atoms with Gasteiger partial charge in [0, 0.05) is 12.0 Å². The molecular formula is C35H36N2O7. The maximum absolute atomic E-state index is 14.0. The number of aliphatic hydroxyl groups is 2. The molecule has 9 nitrogen and oxygen atoms in total. The molecule has 6 rings (SSSR count). The fourth-order valence-corrected chi connectivity index (χ4v) is 7.88. The number of likely N-dealkylation sites (N-methyl/N-ethyl adjacent to an activating group) is 1. The topological polar surface area (TPSA) is 158 Å². The quantitative estimate of drug-likeness (QED) is 0.315. The summed E-state index contributed by atoms with van der Waals surface area (Å²) in [5.41, 5.74) is 7.39. The van der Waals surface area contributed by atoms with Crippen LogP contribution in [0.4, 0.5) is 0 Å². The fourth-order valence-electron chi connectivity index (χ4n) is 7.88. The number of ketones is 3. The Bertz CT molecular complexity index is 1650. The summed E-state index contributed by atoms with van der Waals surface area (Å²) in [5.74, 6) is -9.11. The predicted molar refractivity (Wildman–Crippen MR) is 162 cm³/mol. The average molecular weight is 597 g/mol. The van der Waals surface area contributed by atoms with Gasteiger partial charge >= 0.3 is 0 Å². The van der Waals surface area contributed by atoms with E-state index in [1.165, 1.54) is 11.6 Å². The number of Topliss-reactive ketones (excluding diaryl/α,β-unsaturated/α-hetero) is 3. The minimum Gasteiger partial charge on any atom is -0.507 e. The van der Waals surface area contributed by atoms with Gasteiger partial charge in [0.15, 0.2) is 23.0 Å². The van der Waals surface area contributed by atoms with Crippen LogP contribution in [-0.4, -0.2) is 75.3 Å². The third kappa shape index (κ3) is 4.58. The summed E-state index contributed by atoms with van der Waals surface area (Å²) in [6.07, 6.45) is 0.548. The van der Waals surface area contributed by atoms with Crippen molar-refractivity contribution in [3.63, 3.8) is 0 Å². The highest BCUT2D eigenvalue weighted by atomic mass is 16.3. The maximum atomic E-state index is 14.0. The van der Waals surface area contributed by atoms with Gasteiger partial charge in [-0.2, -0.15) is 0 Å². The van der Waals surface area contributed by atoms with Gasteiger partial charge in [0.25, 0.3) is 0 Å². The van der Waals surface area contributed by atoms with Crippen LogP contribution in [0.2, 0.25) is 0 Å². The van der Waals surface area contributed by atoms with Gasteiger partial charge < -0.3 is 26.0 Å². The second kappa shape index (κ2) is 11.1. The molecule has 0 saturated heterocycles. The number of aromatic hydroxyl groups is 1. The molecule has 0 heterocycles. The number of aryl methyl sites for hydroxylation is 2. The summed E-state index contributed by atoms with van der Waals surface area (Å²) in [6.45, 7) is 0. The number of rotatable bonds is 6. The first-order chi connectivity index (χ1) is 20.9. The molecular weight excluding hydrogens is 560 g/mol. The summed E-state index contributed by atoms with van der Waals surface area (Å²) in [5, 5.41) is 33.7. The molecule has 3 aromatic carbocycles. The zero-order valence-electron chi connectivity index (χ0n) is 24.6. The number of hydrogen-bond acceptors (Lipinski definition) is 8. The molecule has 3 unspecified atom stereocenters. The van der Waals surface area contributed by atoms with Gasteiger partial charge in [-0.15, -0.1) is 0 Å². The van der Waals surface area contributed by atoms with Crippen LogP contribution in [-0.2, 0) is 33.6 Å². The SMILES string of the molecule is CN(C)[C@H]1C(O)C(C(N)=O)C(=O)[C@]2(O)C(=O)C3C(=O)c4c(O)ccc(-c5ccc(CCc6ccccc6)cc5)c4C[C@@H]3C[C@H]12. The third-order valence-corrected chi connectivity index (χ3v) is 9.98. The summed E-state index contributed by atoms with van der Waals surface area (Å²) >= 11 is 0. The number of phenols is 1. The van der Waals surface area contributed by atoms with E-state index < -0.39 is 64.7 Å². The molecule has 7 atom stereocenters. The van der Waals surface area contributed by atoms with Crippen molar-refractivity contribution in [1.82, 2.24) is 4.90 Å². The van der Waals surface area contributed by atoms with Gasteiger partial charge in [-0.1, -0.05) is 60.7 Å². The van der Waals surface area contributed by atoms with Crippen LogP contribution >= 0.6 is 0 Å². The molecule has 0 spiro atoms. The average Bonchev–Trinajstić information content (AvgIpc) is 2.98. The Morgan fingerprint density at radius 1 is 0.932 bits per heavy atom. The number of nitrogens with zero attached hydrogens (tertiary/aromatic N) is 1. The van der Waals surface area contributed by atoms with Crippen molar-refractivity contribution in [1.29, 1.82) is 0 Å². The van der Waals surface area contributed by atoms with Crippen LogP contribution in [0.25, 0.3) is 11.1 Å². The van der Waals surface area contributed by atoms with Crippen LogP contribution in [0.1, 0.15) is 33.5 Å². The maximum Gasteiger partial charge on any atom is 0.230 e. The molecule has 3 aliphatic rings. The van der Waals surface area contributed by atoms with Gasteiger partial charge in [-0.25, -0.2) is 0 Å². The number of carbonyl (C=O) groups is 4. The molecule has 0 aromatic heterocycles. The van der Waals surface area contributed by atoms with E-state index in [1.54, 1.807) is 25.1 Å². The lowest BCUT2D eigenvalue weighted by Crippen LogP contribution is -2.75. The largest absolute Gasteiger partial charge is 0.507 e. The Hall–Kier alpha value is -4.18. The molecule has 0 bridgehead atoms. The molecule has 3 aliphatic carbocycles. The molecule has 0 aliphatic heterocycles. The number of nitrogens with two attached hydrogens (primary N) is 1. The Balaban J connectivity index is 1.35. The first-order valence-corrected chi connectivity index (χ1v) is 14.9. The number of carbonyl (C=O) groups excluding carboxylic acids is 4. The van der Waals surface area contributed by atoms with E-state index >= 15 is 0 Å². The molecule has 3 aromatic rings. The molecule has 1 amide bonds. The van der Waals surface area contributed by atoms with Crippen molar-refractivity contribution in [3.8, 4) is 16.9 Å². The van der Waals surface area contributed by atoms with Crippen molar-refractivity contribution in [3.05, 3.63) is 89.0 Å². The summed E-state index contributed by atoms with van der Waals surface area (Å²) < 4.78 is 0. The Labute approximate surface area is 255 Å². The molecule has 228 valence electrons. The van der Waals surface area contributed by atoms with E-state index in [-0.39, 0.29) is 24.2 Å². The van der Waals surface area contributed by atoms with Crippen molar-refractivity contribution in [2.45, 2.75) is 43.4 Å².